The van der Waals surface area contributed by atoms with E-state index in [1.54, 1.807) is 7.05 Å². The highest BCUT2D eigenvalue weighted by Crippen LogP contribution is 2.32. The van der Waals surface area contributed by atoms with Crippen molar-refractivity contribution < 1.29 is 8.42 Å². The number of rotatable bonds is 5. The molecule has 0 bridgehead atoms. The van der Waals surface area contributed by atoms with Crippen LogP contribution in [0.15, 0.2) is 11.2 Å². The number of alkyl halides is 1. The molecule has 8 heteroatoms. The molecule has 1 aliphatic rings. The van der Waals surface area contributed by atoms with Gasteiger partial charge in [0.2, 0.25) is 0 Å². The first-order valence-electron chi connectivity index (χ1n) is 5.73. The Morgan fingerprint density at radius 1 is 1.61 bits per heavy atom. The van der Waals surface area contributed by atoms with E-state index < -0.39 is 10.0 Å². The molecule has 18 heavy (non-hydrogen) atoms. The monoisotopic (exact) mass is 355 g/mol. The first-order valence-corrected chi connectivity index (χ1v) is 8.67. The second-order valence-corrected chi connectivity index (χ2v) is 7.32. The van der Waals surface area contributed by atoms with Gasteiger partial charge in [-0.05, 0) is 12.8 Å². The predicted octanol–water partition coefficient (Wildman–Crippen LogP) is 2.01. The van der Waals surface area contributed by atoms with Crippen molar-refractivity contribution in [3.05, 3.63) is 11.2 Å². The van der Waals surface area contributed by atoms with Gasteiger partial charge >= 0.3 is 0 Å². The molecule has 0 saturated heterocycles. The minimum Gasteiger partial charge on any atom is -0.255 e. The summed E-state index contributed by atoms with van der Waals surface area (Å²) in [5, 5.41) is 4.76. The van der Waals surface area contributed by atoms with Gasteiger partial charge in [-0.2, -0.15) is 9.40 Å². The smallest absolute Gasteiger partial charge is 0.255 e. The summed E-state index contributed by atoms with van der Waals surface area (Å²) in [5.41, 5.74) is 0. The van der Waals surface area contributed by atoms with Crippen molar-refractivity contribution in [2.24, 2.45) is 7.05 Å². The van der Waals surface area contributed by atoms with E-state index in [-0.39, 0.29) is 16.1 Å². The average Bonchev–Trinajstić information content (AvgIpc) is 2.55. The average molecular weight is 357 g/mol. The highest BCUT2D eigenvalue weighted by atomic mass is 79.9. The molecule has 1 aromatic rings. The molecule has 5 nitrogen and oxygen atoms in total. The molecule has 0 aromatic carbocycles. The predicted molar refractivity (Wildman–Crippen MR) is 73.5 cm³/mol. The third-order valence-electron chi connectivity index (χ3n) is 3.18. The summed E-state index contributed by atoms with van der Waals surface area (Å²) in [6.45, 7) is 0.453. The normalized spacial score (nSPS) is 17.1. The van der Waals surface area contributed by atoms with Crippen LogP contribution in [0.25, 0.3) is 0 Å². The molecular weight excluding hydrogens is 342 g/mol. The molecule has 1 saturated carbocycles. The van der Waals surface area contributed by atoms with Gasteiger partial charge in [-0.25, -0.2) is 8.42 Å². The molecule has 2 rings (SSSR count). The Bertz CT molecular complexity index is 508. The number of hydrogen-bond acceptors (Lipinski definition) is 3. The van der Waals surface area contributed by atoms with E-state index in [1.165, 1.54) is 15.2 Å². The molecule has 1 fully saturated rings. The fraction of sp³-hybridized carbons (Fsp3) is 0.700. The van der Waals surface area contributed by atoms with Gasteiger partial charge in [0.15, 0.2) is 5.03 Å². The molecule has 0 aliphatic heterocycles. The molecule has 0 N–H and O–H groups in total. The topological polar surface area (TPSA) is 55.2 Å². The molecule has 0 spiro atoms. The second-order valence-electron chi connectivity index (χ2n) is 4.31. The largest absolute Gasteiger partial charge is 0.262 e. The lowest BCUT2D eigenvalue weighted by Gasteiger charge is -2.36. The molecule has 0 atom stereocenters. The molecule has 1 heterocycles. The van der Waals surface area contributed by atoms with Gasteiger partial charge in [0, 0.05) is 25.0 Å². The van der Waals surface area contributed by atoms with Crippen LogP contribution in [0.2, 0.25) is 5.02 Å². The van der Waals surface area contributed by atoms with Crippen LogP contribution >= 0.6 is 27.5 Å². The molecule has 0 radical (unpaired) electrons. The third-order valence-corrected chi connectivity index (χ3v) is 6.00. The van der Waals surface area contributed by atoms with Gasteiger partial charge in [0.1, 0.15) is 0 Å². The van der Waals surface area contributed by atoms with Crippen LogP contribution in [-0.2, 0) is 17.1 Å². The summed E-state index contributed by atoms with van der Waals surface area (Å²) in [7, 11) is -1.98. The van der Waals surface area contributed by atoms with E-state index in [4.69, 9.17) is 11.6 Å². The number of hydrogen-bond donors (Lipinski definition) is 0. The minimum atomic E-state index is -3.57. The summed E-state index contributed by atoms with van der Waals surface area (Å²) in [4.78, 5) is 0. The Balaban J connectivity index is 2.38. The van der Waals surface area contributed by atoms with E-state index in [0.717, 1.165) is 19.3 Å². The Morgan fingerprint density at radius 2 is 2.28 bits per heavy atom. The maximum absolute atomic E-state index is 12.6. The molecule has 0 unspecified atom stereocenters. The van der Waals surface area contributed by atoms with Crippen molar-refractivity contribution >= 4 is 37.6 Å². The number of aromatic nitrogens is 2. The standard InChI is InChI=1S/C10H15BrClN3O2S/c1-14-10(9(12)7-13-14)18(16,17)15(6-5-11)8-3-2-4-8/h7-8H,2-6H2,1H3. The number of aryl methyl sites for hydroxylation is 1. The van der Waals surface area contributed by atoms with Crippen LogP contribution in [0.4, 0.5) is 0 Å². The molecule has 102 valence electrons. The third kappa shape index (κ3) is 2.45. The number of halogens is 2. The van der Waals surface area contributed by atoms with Crippen LogP contribution in [-0.4, -0.2) is 40.4 Å². The lowest BCUT2D eigenvalue weighted by Crippen LogP contribution is -2.45. The first-order chi connectivity index (χ1) is 8.48. The maximum atomic E-state index is 12.6. The zero-order valence-electron chi connectivity index (χ0n) is 10.0. The molecule has 1 aliphatic carbocycles. The maximum Gasteiger partial charge on any atom is 0.262 e. The lowest BCUT2D eigenvalue weighted by molar-refractivity contribution is 0.227. The Hall–Kier alpha value is -0.110. The Kier molecular flexibility index (Phi) is 4.36. The van der Waals surface area contributed by atoms with Gasteiger partial charge in [-0.15, -0.1) is 0 Å². The molecule has 0 amide bonds. The first kappa shape index (κ1) is 14.3. The zero-order chi connectivity index (χ0) is 13.3. The van der Waals surface area contributed by atoms with Gasteiger partial charge in [0.05, 0.1) is 11.2 Å². The highest BCUT2D eigenvalue weighted by molar-refractivity contribution is 9.09. The Labute approximate surface area is 120 Å². The minimum absolute atomic E-state index is 0.0806. The summed E-state index contributed by atoms with van der Waals surface area (Å²) in [6, 6.07) is 0.0958. The SMILES string of the molecule is Cn1ncc(Cl)c1S(=O)(=O)N(CCBr)C1CCC1. The zero-order valence-corrected chi connectivity index (χ0v) is 13.2. The van der Waals surface area contributed by atoms with E-state index >= 15 is 0 Å². The van der Waals surface area contributed by atoms with Crippen molar-refractivity contribution in [1.29, 1.82) is 0 Å². The van der Waals surface area contributed by atoms with Crippen LogP contribution in [0.5, 0.6) is 0 Å². The van der Waals surface area contributed by atoms with Crippen molar-refractivity contribution in [2.75, 3.05) is 11.9 Å². The number of nitrogens with zero attached hydrogens (tertiary/aromatic N) is 3. The van der Waals surface area contributed by atoms with Crippen molar-refractivity contribution in [3.63, 3.8) is 0 Å². The van der Waals surface area contributed by atoms with Crippen LogP contribution < -0.4 is 0 Å². The summed E-state index contributed by atoms with van der Waals surface area (Å²) in [6.07, 6.45) is 4.28. The van der Waals surface area contributed by atoms with Crippen LogP contribution in [0.1, 0.15) is 19.3 Å². The van der Waals surface area contributed by atoms with Crippen molar-refractivity contribution in [3.8, 4) is 0 Å². The van der Waals surface area contributed by atoms with Gasteiger partial charge < -0.3 is 0 Å². The van der Waals surface area contributed by atoms with Crippen molar-refractivity contribution in [2.45, 2.75) is 30.3 Å². The van der Waals surface area contributed by atoms with Gasteiger partial charge in [-0.3, -0.25) is 4.68 Å². The van der Waals surface area contributed by atoms with Gasteiger partial charge in [0.25, 0.3) is 10.0 Å². The van der Waals surface area contributed by atoms with E-state index in [1.807, 2.05) is 0 Å². The van der Waals surface area contributed by atoms with Crippen LogP contribution in [0.3, 0.4) is 0 Å². The highest BCUT2D eigenvalue weighted by Gasteiger charge is 2.37. The second kappa shape index (κ2) is 5.48. The van der Waals surface area contributed by atoms with Crippen molar-refractivity contribution in [1.82, 2.24) is 14.1 Å². The van der Waals surface area contributed by atoms with E-state index in [2.05, 4.69) is 21.0 Å². The fourth-order valence-electron chi connectivity index (χ4n) is 2.06. The van der Waals surface area contributed by atoms with E-state index in [0.29, 0.717) is 11.9 Å². The summed E-state index contributed by atoms with van der Waals surface area (Å²) < 4.78 is 28.1. The van der Waals surface area contributed by atoms with Crippen LogP contribution in [0, 0.1) is 0 Å². The Morgan fingerprint density at radius 3 is 2.67 bits per heavy atom. The quantitative estimate of drug-likeness (QED) is 0.758. The van der Waals surface area contributed by atoms with E-state index in [9.17, 15) is 8.42 Å². The lowest BCUT2D eigenvalue weighted by atomic mass is 9.93. The fourth-order valence-corrected chi connectivity index (χ4v) is 4.97. The molecular formula is C10H15BrClN3O2S. The van der Waals surface area contributed by atoms with Gasteiger partial charge in [-0.1, -0.05) is 34.0 Å². The molecule has 1 aromatic heterocycles. The summed E-state index contributed by atoms with van der Waals surface area (Å²) in [5.74, 6) is 0. The number of sulfonamides is 1. The summed E-state index contributed by atoms with van der Waals surface area (Å²) >= 11 is 9.24.